The molecule has 0 atom stereocenters. The van der Waals surface area contributed by atoms with Crippen molar-refractivity contribution in [3.05, 3.63) is 22.2 Å². The summed E-state index contributed by atoms with van der Waals surface area (Å²) in [5.74, 6) is 2.10. The average Bonchev–Trinajstić information content (AvgIpc) is 2.49. The molecule has 0 spiro atoms. The summed E-state index contributed by atoms with van der Waals surface area (Å²) >= 11 is 3.61. The van der Waals surface area contributed by atoms with E-state index < -0.39 is 0 Å². The van der Waals surface area contributed by atoms with Crippen LogP contribution in [0.2, 0.25) is 0 Å². The number of halogens is 1. The van der Waals surface area contributed by atoms with Crippen molar-refractivity contribution < 1.29 is 14.6 Å². The molecule has 0 unspecified atom stereocenters. The van der Waals surface area contributed by atoms with Crippen molar-refractivity contribution in [2.24, 2.45) is 5.92 Å². The van der Waals surface area contributed by atoms with Gasteiger partial charge in [0, 0.05) is 29.3 Å². The minimum absolute atomic E-state index is 0.309. The highest BCUT2D eigenvalue weighted by atomic mass is 79.9. The Labute approximate surface area is 128 Å². The van der Waals surface area contributed by atoms with E-state index in [9.17, 15) is 5.11 Å². The lowest BCUT2D eigenvalue weighted by molar-refractivity contribution is 0.126. The van der Waals surface area contributed by atoms with Crippen molar-refractivity contribution >= 4 is 15.9 Å². The molecule has 0 aromatic heterocycles. The maximum atomic E-state index is 9.19. The summed E-state index contributed by atoms with van der Waals surface area (Å²) in [4.78, 5) is 2.40. The molecule has 0 bridgehead atoms. The van der Waals surface area contributed by atoms with Gasteiger partial charge >= 0.3 is 0 Å². The first-order chi connectivity index (χ1) is 9.67. The lowest BCUT2D eigenvalue weighted by Gasteiger charge is -2.31. The Morgan fingerprint density at radius 3 is 2.50 bits per heavy atom. The molecule has 1 fully saturated rings. The first kappa shape index (κ1) is 15.6. The zero-order valence-corrected chi connectivity index (χ0v) is 13.6. The van der Waals surface area contributed by atoms with E-state index in [1.54, 1.807) is 14.2 Å². The van der Waals surface area contributed by atoms with Crippen LogP contribution in [0.4, 0.5) is 0 Å². The maximum Gasteiger partial charge on any atom is 0.128 e. The number of ether oxygens (including phenoxy) is 2. The Hall–Kier alpha value is -0.780. The Morgan fingerprint density at radius 1 is 1.25 bits per heavy atom. The summed E-state index contributed by atoms with van der Waals surface area (Å²) in [6, 6.07) is 3.89. The Bertz CT molecular complexity index is 445. The summed E-state index contributed by atoms with van der Waals surface area (Å²) in [7, 11) is 3.34. The number of rotatable bonds is 5. The molecule has 1 aromatic rings. The number of methoxy groups -OCH3 is 2. The predicted octanol–water partition coefficient (Wildman–Crippen LogP) is 2.67. The van der Waals surface area contributed by atoms with E-state index in [2.05, 4.69) is 20.8 Å². The number of hydrogen-bond acceptors (Lipinski definition) is 4. The molecular formula is C15H22BrNO3. The van der Waals surface area contributed by atoms with Gasteiger partial charge in [-0.15, -0.1) is 0 Å². The van der Waals surface area contributed by atoms with E-state index in [4.69, 9.17) is 9.47 Å². The second-order valence-corrected chi connectivity index (χ2v) is 6.05. The number of likely N-dealkylation sites (tertiary alicyclic amines) is 1. The average molecular weight is 344 g/mol. The number of nitrogens with zero attached hydrogens (tertiary/aromatic N) is 1. The quantitative estimate of drug-likeness (QED) is 0.892. The van der Waals surface area contributed by atoms with Crippen LogP contribution in [0.3, 0.4) is 0 Å². The SMILES string of the molecule is COc1cc(Br)c(CN2CCC(CO)CC2)c(OC)c1. The molecule has 0 radical (unpaired) electrons. The Morgan fingerprint density at radius 2 is 1.95 bits per heavy atom. The van der Waals surface area contributed by atoms with Crippen LogP contribution in [0.25, 0.3) is 0 Å². The highest BCUT2D eigenvalue weighted by Crippen LogP contribution is 2.34. The number of benzene rings is 1. The normalized spacial score (nSPS) is 17.2. The van der Waals surface area contributed by atoms with Crippen molar-refractivity contribution in [1.82, 2.24) is 4.90 Å². The molecule has 0 aliphatic carbocycles. The van der Waals surface area contributed by atoms with E-state index in [0.717, 1.165) is 54.0 Å². The summed E-state index contributed by atoms with van der Waals surface area (Å²) in [5, 5.41) is 9.19. The second kappa shape index (κ2) is 7.29. The lowest BCUT2D eigenvalue weighted by atomic mass is 9.97. The van der Waals surface area contributed by atoms with Gasteiger partial charge in [-0.3, -0.25) is 4.90 Å². The van der Waals surface area contributed by atoms with E-state index in [1.807, 2.05) is 12.1 Å². The van der Waals surface area contributed by atoms with Crippen molar-refractivity contribution in [2.45, 2.75) is 19.4 Å². The first-order valence-electron chi connectivity index (χ1n) is 6.91. The fraction of sp³-hybridized carbons (Fsp3) is 0.600. The van der Waals surface area contributed by atoms with E-state index in [-0.39, 0.29) is 0 Å². The van der Waals surface area contributed by atoms with Gasteiger partial charge in [-0.1, -0.05) is 15.9 Å². The van der Waals surface area contributed by atoms with Crippen LogP contribution in [0.15, 0.2) is 16.6 Å². The van der Waals surface area contributed by atoms with Crippen molar-refractivity contribution in [2.75, 3.05) is 33.9 Å². The second-order valence-electron chi connectivity index (χ2n) is 5.19. The smallest absolute Gasteiger partial charge is 0.128 e. The third kappa shape index (κ3) is 3.65. The largest absolute Gasteiger partial charge is 0.497 e. The fourth-order valence-corrected chi connectivity index (χ4v) is 3.14. The molecule has 112 valence electrons. The van der Waals surface area contributed by atoms with Crippen LogP contribution in [0.5, 0.6) is 11.5 Å². The predicted molar refractivity (Wildman–Crippen MR) is 82.3 cm³/mol. The topological polar surface area (TPSA) is 41.9 Å². The van der Waals surface area contributed by atoms with E-state index >= 15 is 0 Å². The summed E-state index contributed by atoms with van der Waals surface area (Å²) in [6.07, 6.45) is 2.12. The van der Waals surface area contributed by atoms with Crippen LogP contribution in [-0.4, -0.2) is 43.9 Å². The highest BCUT2D eigenvalue weighted by molar-refractivity contribution is 9.10. The third-order valence-corrected chi connectivity index (χ3v) is 4.64. The summed E-state index contributed by atoms with van der Waals surface area (Å²) in [6.45, 7) is 3.20. The molecule has 1 N–H and O–H groups in total. The lowest BCUT2D eigenvalue weighted by Crippen LogP contribution is -2.34. The number of aliphatic hydroxyl groups excluding tert-OH is 1. The maximum absolute atomic E-state index is 9.19. The third-order valence-electron chi connectivity index (χ3n) is 3.93. The molecule has 20 heavy (non-hydrogen) atoms. The molecule has 1 saturated heterocycles. The summed E-state index contributed by atoms with van der Waals surface area (Å²) < 4.78 is 11.7. The van der Waals surface area contributed by atoms with Crippen molar-refractivity contribution in [3.63, 3.8) is 0 Å². The molecule has 1 heterocycles. The van der Waals surface area contributed by atoms with E-state index in [1.165, 1.54) is 0 Å². The molecule has 0 saturated carbocycles. The van der Waals surface area contributed by atoms with Crippen molar-refractivity contribution in [3.8, 4) is 11.5 Å². The van der Waals surface area contributed by atoms with Crippen LogP contribution in [0.1, 0.15) is 18.4 Å². The zero-order chi connectivity index (χ0) is 14.5. The van der Waals surface area contributed by atoms with Gasteiger partial charge in [-0.25, -0.2) is 0 Å². The number of piperidine rings is 1. The summed E-state index contributed by atoms with van der Waals surface area (Å²) in [5.41, 5.74) is 1.15. The molecule has 5 heteroatoms. The van der Waals surface area contributed by atoms with Gasteiger partial charge in [0.15, 0.2) is 0 Å². The van der Waals surface area contributed by atoms with E-state index in [0.29, 0.717) is 12.5 Å². The molecule has 4 nitrogen and oxygen atoms in total. The van der Waals surface area contributed by atoms with Gasteiger partial charge in [0.25, 0.3) is 0 Å². The monoisotopic (exact) mass is 343 g/mol. The molecule has 2 rings (SSSR count). The fourth-order valence-electron chi connectivity index (χ4n) is 2.59. The molecule has 1 aliphatic rings. The van der Waals surface area contributed by atoms with Gasteiger partial charge in [-0.2, -0.15) is 0 Å². The molecule has 1 aliphatic heterocycles. The molecular weight excluding hydrogens is 322 g/mol. The number of hydrogen-bond donors (Lipinski definition) is 1. The van der Waals surface area contributed by atoms with Crippen LogP contribution >= 0.6 is 15.9 Å². The Balaban J connectivity index is 2.09. The van der Waals surface area contributed by atoms with Crippen molar-refractivity contribution in [1.29, 1.82) is 0 Å². The van der Waals surface area contributed by atoms with Crippen LogP contribution in [0, 0.1) is 5.92 Å². The van der Waals surface area contributed by atoms with Gasteiger partial charge in [0.05, 0.1) is 14.2 Å². The zero-order valence-electron chi connectivity index (χ0n) is 12.1. The first-order valence-corrected chi connectivity index (χ1v) is 7.70. The molecule has 1 aromatic carbocycles. The Kier molecular flexibility index (Phi) is 5.69. The van der Waals surface area contributed by atoms with Gasteiger partial charge in [0.2, 0.25) is 0 Å². The standard InChI is InChI=1S/C15H22BrNO3/c1-19-12-7-14(16)13(15(8-12)20-2)9-17-5-3-11(10-18)4-6-17/h7-8,11,18H,3-6,9-10H2,1-2H3. The minimum atomic E-state index is 0.309. The van der Waals surface area contributed by atoms with Gasteiger partial charge in [-0.05, 0) is 37.9 Å². The number of aliphatic hydroxyl groups is 1. The van der Waals surface area contributed by atoms with Crippen LogP contribution in [-0.2, 0) is 6.54 Å². The molecule has 0 amide bonds. The minimum Gasteiger partial charge on any atom is -0.497 e. The van der Waals surface area contributed by atoms with Crippen LogP contribution < -0.4 is 9.47 Å². The highest BCUT2D eigenvalue weighted by Gasteiger charge is 2.21. The van der Waals surface area contributed by atoms with Gasteiger partial charge in [0.1, 0.15) is 11.5 Å². The van der Waals surface area contributed by atoms with Gasteiger partial charge < -0.3 is 14.6 Å².